The number of aryl methyl sites for hydroxylation is 1. The number of ether oxygens (including phenoxy) is 1. The minimum Gasteiger partial charge on any atom is -0.444 e. The van der Waals surface area contributed by atoms with Gasteiger partial charge in [0.25, 0.3) is 0 Å². The molecular weight excluding hydrogens is 346 g/mol. The normalized spacial score (nSPS) is 14.7. The molecule has 2 rings (SSSR count). The SMILES string of the molecule is Cc1cccc(CC(=O)N2CCN(C(=O)CNC(=O)OC(C)(C)C)CC2)c1. The van der Waals surface area contributed by atoms with Crippen molar-refractivity contribution in [3.05, 3.63) is 35.4 Å². The summed E-state index contributed by atoms with van der Waals surface area (Å²) in [6.07, 6.45) is -0.238. The van der Waals surface area contributed by atoms with Crippen molar-refractivity contribution in [3.63, 3.8) is 0 Å². The summed E-state index contributed by atoms with van der Waals surface area (Å²) in [5, 5.41) is 2.48. The third-order valence-corrected chi connectivity index (χ3v) is 4.21. The van der Waals surface area contributed by atoms with Gasteiger partial charge in [-0.2, -0.15) is 0 Å². The van der Waals surface area contributed by atoms with Gasteiger partial charge in [0.2, 0.25) is 11.8 Å². The third kappa shape index (κ3) is 6.92. The van der Waals surface area contributed by atoms with E-state index >= 15 is 0 Å². The molecule has 1 aliphatic heterocycles. The number of rotatable bonds is 4. The molecule has 148 valence electrons. The Balaban J connectivity index is 1.75. The molecule has 27 heavy (non-hydrogen) atoms. The van der Waals surface area contributed by atoms with Gasteiger partial charge in [-0.05, 0) is 33.3 Å². The standard InChI is InChI=1S/C20H29N3O4/c1-15-6-5-7-16(12-15)13-17(24)22-8-10-23(11-9-22)18(25)14-21-19(26)27-20(2,3)4/h5-7,12H,8-11,13-14H2,1-4H3,(H,21,26). The molecule has 7 nitrogen and oxygen atoms in total. The smallest absolute Gasteiger partial charge is 0.408 e. The van der Waals surface area contributed by atoms with Gasteiger partial charge in [-0.15, -0.1) is 0 Å². The lowest BCUT2D eigenvalue weighted by Crippen LogP contribution is -2.53. The van der Waals surface area contributed by atoms with Crippen LogP contribution in [0.5, 0.6) is 0 Å². The molecule has 0 saturated carbocycles. The van der Waals surface area contributed by atoms with Crippen LogP contribution in [0.1, 0.15) is 31.9 Å². The fourth-order valence-corrected chi connectivity index (χ4v) is 2.89. The first-order valence-corrected chi connectivity index (χ1v) is 9.22. The van der Waals surface area contributed by atoms with E-state index < -0.39 is 11.7 Å². The highest BCUT2D eigenvalue weighted by atomic mass is 16.6. The number of nitrogens with zero attached hydrogens (tertiary/aromatic N) is 2. The molecule has 0 atom stereocenters. The Labute approximate surface area is 160 Å². The summed E-state index contributed by atoms with van der Waals surface area (Å²) in [5.74, 6) is -0.105. The zero-order chi connectivity index (χ0) is 20.0. The number of carbonyl (C=O) groups is 3. The van der Waals surface area contributed by atoms with Crippen molar-refractivity contribution in [1.29, 1.82) is 0 Å². The lowest BCUT2D eigenvalue weighted by Gasteiger charge is -2.35. The van der Waals surface area contributed by atoms with E-state index in [-0.39, 0.29) is 18.4 Å². The van der Waals surface area contributed by atoms with E-state index in [1.165, 1.54) is 0 Å². The monoisotopic (exact) mass is 375 g/mol. The third-order valence-electron chi connectivity index (χ3n) is 4.21. The number of carbonyl (C=O) groups excluding carboxylic acids is 3. The van der Waals surface area contributed by atoms with Crippen LogP contribution >= 0.6 is 0 Å². The summed E-state index contributed by atoms with van der Waals surface area (Å²) in [4.78, 5) is 39.8. The van der Waals surface area contributed by atoms with Gasteiger partial charge in [-0.3, -0.25) is 9.59 Å². The Morgan fingerprint density at radius 1 is 1.04 bits per heavy atom. The molecule has 1 saturated heterocycles. The van der Waals surface area contributed by atoms with Crippen LogP contribution in [0.15, 0.2) is 24.3 Å². The minimum absolute atomic E-state index is 0.0691. The summed E-state index contributed by atoms with van der Waals surface area (Å²) in [7, 11) is 0. The first kappa shape index (κ1) is 20.7. The highest BCUT2D eigenvalue weighted by Gasteiger charge is 2.25. The summed E-state index contributed by atoms with van der Waals surface area (Å²) in [5.41, 5.74) is 1.53. The summed E-state index contributed by atoms with van der Waals surface area (Å²) in [6.45, 7) is 9.13. The summed E-state index contributed by atoms with van der Waals surface area (Å²) < 4.78 is 5.12. The fourth-order valence-electron chi connectivity index (χ4n) is 2.89. The number of piperazine rings is 1. The van der Waals surface area contributed by atoms with Crippen molar-refractivity contribution >= 4 is 17.9 Å². The molecule has 1 heterocycles. The van der Waals surface area contributed by atoms with Crippen LogP contribution in [-0.4, -0.2) is 66.0 Å². The largest absolute Gasteiger partial charge is 0.444 e. The second-order valence-electron chi connectivity index (χ2n) is 7.78. The highest BCUT2D eigenvalue weighted by molar-refractivity contribution is 5.83. The number of benzene rings is 1. The maximum atomic E-state index is 12.5. The van der Waals surface area contributed by atoms with E-state index in [9.17, 15) is 14.4 Å². The lowest BCUT2D eigenvalue weighted by molar-refractivity contribution is -0.138. The molecule has 0 bridgehead atoms. The number of nitrogens with one attached hydrogen (secondary N) is 1. The topological polar surface area (TPSA) is 79.0 Å². The molecular formula is C20H29N3O4. The maximum Gasteiger partial charge on any atom is 0.408 e. The molecule has 0 spiro atoms. The highest BCUT2D eigenvalue weighted by Crippen LogP contribution is 2.09. The number of alkyl carbamates (subject to hydrolysis) is 1. The fraction of sp³-hybridized carbons (Fsp3) is 0.550. The van der Waals surface area contributed by atoms with Crippen LogP contribution in [0.25, 0.3) is 0 Å². The first-order valence-electron chi connectivity index (χ1n) is 9.22. The summed E-state index contributed by atoms with van der Waals surface area (Å²) in [6, 6.07) is 7.92. The average molecular weight is 375 g/mol. The van der Waals surface area contributed by atoms with E-state index in [0.29, 0.717) is 32.6 Å². The van der Waals surface area contributed by atoms with Gasteiger partial charge in [0.1, 0.15) is 12.1 Å². The number of hydrogen-bond acceptors (Lipinski definition) is 4. The van der Waals surface area contributed by atoms with E-state index in [1.54, 1.807) is 30.6 Å². The lowest BCUT2D eigenvalue weighted by atomic mass is 10.1. The molecule has 1 N–H and O–H groups in total. The molecule has 0 aliphatic carbocycles. The molecule has 0 aromatic heterocycles. The zero-order valence-corrected chi connectivity index (χ0v) is 16.6. The van der Waals surface area contributed by atoms with E-state index in [1.807, 2.05) is 31.2 Å². The van der Waals surface area contributed by atoms with Gasteiger partial charge in [-0.25, -0.2) is 4.79 Å². The van der Waals surface area contributed by atoms with Crippen molar-refractivity contribution in [2.24, 2.45) is 0 Å². The van der Waals surface area contributed by atoms with Gasteiger partial charge in [0.05, 0.1) is 6.42 Å². The van der Waals surface area contributed by atoms with Crippen LogP contribution in [0.3, 0.4) is 0 Å². The van der Waals surface area contributed by atoms with Crippen molar-refractivity contribution in [2.45, 2.75) is 39.7 Å². The zero-order valence-electron chi connectivity index (χ0n) is 16.6. The molecule has 7 heteroatoms. The maximum absolute atomic E-state index is 12.5. The summed E-state index contributed by atoms with van der Waals surface area (Å²) >= 11 is 0. The Morgan fingerprint density at radius 2 is 1.63 bits per heavy atom. The van der Waals surface area contributed by atoms with Crippen LogP contribution in [0.4, 0.5) is 4.79 Å². The van der Waals surface area contributed by atoms with Gasteiger partial charge in [-0.1, -0.05) is 29.8 Å². The van der Waals surface area contributed by atoms with Crippen molar-refractivity contribution in [3.8, 4) is 0 Å². The minimum atomic E-state index is -0.609. The van der Waals surface area contributed by atoms with Crippen molar-refractivity contribution in [1.82, 2.24) is 15.1 Å². The molecule has 1 aliphatic rings. The predicted octanol–water partition coefficient (Wildman–Crippen LogP) is 1.73. The van der Waals surface area contributed by atoms with Gasteiger partial charge in [0, 0.05) is 26.2 Å². The second-order valence-corrected chi connectivity index (χ2v) is 7.78. The Hall–Kier alpha value is -2.57. The van der Waals surface area contributed by atoms with E-state index in [0.717, 1.165) is 11.1 Å². The molecule has 0 radical (unpaired) electrons. The Bertz CT molecular complexity index is 689. The molecule has 1 aromatic carbocycles. The molecule has 1 aromatic rings. The van der Waals surface area contributed by atoms with Crippen LogP contribution in [0, 0.1) is 6.92 Å². The van der Waals surface area contributed by atoms with E-state index in [2.05, 4.69) is 5.32 Å². The van der Waals surface area contributed by atoms with Crippen molar-refractivity contribution in [2.75, 3.05) is 32.7 Å². The Kier molecular flexibility index (Phi) is 6.82. The quantitative estimate of drug-likeness (QED) is 0.869. The second kappa shape index (κ2) is 8.88. The van der Waals surface area contributed by atoms with Gasteiger partial charge >= 0.3 is 6.09 Å². The molecule has 0 unspecified atom stereocenters. The predicted molar refractivity (Wildman–Crippen MR) is 102 cm³/mol. The van der Waals surface area contributed by atoms with Crippen molar-refractivity contribution < 1.29 is 19.1 Å². The molecule has 3 amide bonds. The average Bonchev–Trinajstić information content (AvgIpc) is 2.58. The van der Waals surface area contributed by atoms with Crippen LogP contribution in [-0.2, 0) is 20.7 Å². The van der Waals surface area contributed by atoms with E-state index in [4.69, 9.17) is 4.74 Å². The first-order chi connectivity index (χ1) is 12.6. The van der Waals surface area contributed by atoms with Crippen LogP contribution < -0.4 is 5.32 Å². The van der Waals surface area contributed by atoms with Crippen LogP contribution in [0.2, 0.25) is 0 Å². The molecule has 1 fully saturated rings. The Morgan fingerprint density at radius 3 is 2.19 bits per heavy atom. The van der Waals surface area contributed by atoms with Gasteiger partial charge < -0.3 is 19.9 Å². The number of hydrogen-bond donors (Lipinski definition) is 1. The number of amides is 3. The van der Waals surface area contributed by atoms with Gasteiger partial charge in [0.15, 0.2) is 0 Å².